The van der Waals surface area contributed by atoms with E-state index < -0.39 is 11.6 Å². The van der Waals surface area contributed by atoms with Crippen LogP contribution in [0.25, 0.3) is 11.3 Å². The number of hydrogen-bond acceptors (Lipinski definition) is 1. The molecule has 0 amide bonds. The lowest BCUT2D eigenvalue weighted by atomic mass is 10.1. The van der Waals surface area contributed by atoms with Gasteiger partial charge in [0, 0.05) is 24.4 Å². The van der Waals surface area contributed by atoms with Crippen molar-refractivity contribution in [2.75, 3.05) is 0 Å². The van der Waals surface area contributed by atoms with Crippen molar-refractivity contribution in [3.63, 3.8) is 0 Å². The molecule has 16 heavy (non-hydrogen) atoms. The first-order valence-electron chi connectivity index (χ1n) is 4.66. The molecule has 2 rings (SSSR count). The SMILES string of the molecule is Cn1ccc(-c2ccc(CCl)c(F)c2F)n1. The largest absolute Gasteiger partial charge is 0.275 e. The summed E-state index contributed by atoms with van der Waals surface area (Å²) in [5, 5.41) is 4.02. The third-order valence-electron chi connectivity index (χ3n) is 2.30. The molecule has 84 valence electrons. The van der Waals surface area contributed by atoms with E-state index in [0.29, 0.717) is 5.69 Å². The van der Waals surface area contributed by atoms with Crippen molar-refractivity contribution in [3.05, 3.63) is 41.6 Å². The molecule has 0 radical (unpaired) electrons. The third-order valence-corrected chi connectivity index (χ3v) is 2.58. The van der Waals surface area contributed by atoms with Crippen molar-refractivity contribution in [1.29, 1.82) is 0 Å². The van der Waals surface area contributed by atoms with E-state index in [-0.39, 0.29) is 17.0 Å². The van der Waals surface area contributed by atoms with E-state index in [0.717, 1.165) is 0 Å². The van der Waals surface area contributed by atoms with Gasteiger partial charge in [0.25, 0.3) is 0 Å². The molecule has 0 atom stereocenters. The van der Waals surface area contributed by atoms with E-state index in [1.165, 1.54) is 16.8 Å². The highest BCUT2D eigenvalue weighted by Gasteiger charge is 2.15. The van der Waals surface area contributed by atoms with Crippen molar-refractivity contribution in [3.8, 4) is 11.3 Å². The molecule has 1 aromatic carbocycles. The minimum Gasteiger partial charge on any atom is -0.275 e. The predicted octanol–water partition coefficient (Wildman–Crippen LogP) is 3.10. The number of alkyl halides is 1. The molecule has 0 bridgehead atoms. The average Bonchev–Trinajstić information content (AvgIpc) is 2.69. The van der Waals surface area contributed by atoms with E-state index in [9.17, 15) is 8.78 Å². The number of halogens is 3. The lowest BCUT2D eigenvalue weighted by molar-refractivity contribution is 0.504. The van der Waals surface area contributed by atoms with Crippen LogP contribution in [0.2, 0.25) is 0 Å². The van der Waals surface area contributed by atoms with Crippen LogP contribution in [0.4, 0.5) is 8.78 Å². The lowest BCUT2D eigenvalue weighted by Gasteiger charge is -2.04. The van der Waals surface area contributed by atoms with Gasteiger partial charge in [-0.05, 0) is 12.1 Å². The molecular weight excluding hydrogens is 234 g/mol. The van der Waals surface area contributed by atoms with Crippen molar-refractivity contribution >= 4 is 11.6 Å². The van der Waals surface area contributed by atoms with Gasteiger partial charge in [0.1, 0.15) is 0 Å². The Morgan fingerprint density at radius 3 is 2.56 bits per heavy atom. The maximum Gasteiger partial charge on any atom is 0.168 e. The first-order chi connectivity index (χ1) is 7.63. The molecule has 5 heteroatoms. The molecular formula is C11H9ClF2N2. The number of rotatable bonds is 2. The van der Waals surface area contributed by atoms with Crippen molar-refractivity contribution in [2.24, 2.45) is 7.05 Å². The Hall–Kier alpha value is -1.42. The summed E-state index contributed by atoms with van der Waals surface area (Å²) in [6.45, 7) is 0. The maximum atomic E-state index is 13.7. The van der Waals surface area contributed by atoms with Crippen LogP contribution in [0, 0.1) is 11.6 Å². The number of hydrogen-bond donors (Lipinski definition) is 0. The second-order valence-electron chi connectivity index (χ2n) is 3.41. The summed E-state index contributed by atoms with van der Waals surface area (Å²) in [5.41, 5.74) is 0.700. The van der Waals surface area contributed by atoms with Gasteiger partial charge in [-0.2, -0.15) is 5.10 Å². The van der Waals surface area contributed by atoms with E-state index in [1.54, 1.807) is 19.3 Å². The Bertz CT molecular complexity index is 523. The van der Waals surface area contributed by atoms with E-state index >= 15 is 0 Å². The topological polar surface area (TPSA) is 17.8 Å². The average molecular weight is 243 g/mol. The second kappa shape index (κ2) is 4.22. The summed E-state index contributed by atoms with van der Waals surface area (Å²) in [6, 6.07) is 4.58. The lowest BCUT2D eigenvalue weighted by Crippen LogP contribution is -1.96. The molecule has 0 aliphatic rings. The van der Waals surface area contributed by atoms with Crippen LogP contribution in [0.15, 0.2) is 24.4 Å². The first kappa shape index (κ1) is 11.1. The highest BCUT2D eigenvalue weighted by molar-refractivity contribution is 6.17. The minimum absolute atomic E-state index is 0.0503. The number of benzene rings is 1. The monoisotopic (exact) mass is 242 g/mol. The zero-order chi connectivity index (χ0) is 11.7. The normalized spacial score (nSPS) is 10.8. The summed E-state index contributed by atoms with van der Waals surface area (Å²) >= 11 is 5.48. The van der Waals surface area contributed by atoms with Crippen LogP contribution < -0.4 is 0 Å². The van der Waals surface area contributed by atoms with Gasteiger partial charge < -0.3 is 0 Å². The van der Waals surface area contributed by atoms with Crippen LogP contribution in [0.5, 0.6) is 0 Å². The summed E-state index contributed by atoms with van der Waals surface area (Å²) in [5.74, 6) is -1.86. The number of nitrogens with zero attached hydrogens (tertiary/aromatic N) is 2. The number of aryl methyl sites for hydroxylation is 1. The molecule has 2 nitrogen and oxygen atoms in total. The Kier molecular flexibility index (Phi) is 2.92. The smallest absolute Gasteiger partial charge is 0.168 e. The fraction of sp³-hybridized carbons (Fsp3) is 0.182. The van der Waals surface area contributed by atoms with Gasteiger partial charge in [-0.15, -0.1) is 11.6 Å². The molecule has 0 saturated carbocycles. The van der Waals surface area contributed by atoms with Crippen molar-refractivity contribution < 1.29 is 8.78 Å². The second-order valence-corrected chi connectivity index (χ2v) is 3.68. The molecule has 0 aliphatic heterocycles. The zero-order valence-electron chi connectivity index (χ0n) is 8.54. The van der Waals surface area contributed by atoms with Crippen molar-refractivity contribution in [2.45, 2.75) is 5.88 Å². The summed E-state index contributed by atoms with van der Waals surface area (Å²) in [7, 11) is 1.71. The minimum atomic E-state index is -0.906. The molecule has 0 N–H and O–H groups in total. The zero-order valence-corrected chi connectivity index (χ0v) is 9.30. The van der Waals surface area contributed by atoms with Crippen molar-refractivity contribution in [1.82, 2.24) is 9.78 Å². The molecule has 1 aromatic heterocycles. The summed E-state index contributed by atoms with van der Waals surface area (Å²) in [6.07, 6.45) is 1.67. The van der Waals surface area contributed by atoms with Gasteiger partial charge in [-0.1, -0.05) is 6.07 Å². The van der Waals surface area contributed by atoms with Crippen LogP contribution in [0.3, 0.4) is 0 Å². The fourth-order valence-electron chi connectivity index (χ4n) is 1.45. The van der Waals surface area contributed by atoms with Crippen LogP contribution >= 0.6 is 11.6 Å². The van der Waals surface area contributed by atoms with Crippen LogP contribution in [-0.2, 0) is 12.9 Å². The Balaban J connectivity index is 2.55. The highest BCUT2D eigenvalue weighted by atomic mass is 35.5. The molecule has 1 heterocycles. The predicted molar refractivity (Wildman–Crippen MR) is 58.1 cm³/mol. The summed E-state index contributed by atoms with van der Waals surface area (Å²) < 4.78 is 28.7. The Labute approximate surface area is 96.5 Å². The molecule has 2 aromatic rings. The van der Waals surface area contributed by atoms with E-state index in [1.807, 2.05) is 0 Å². The highest BCUT2D eigenvalue weighted by Crippen LogP contribution is 2.25. The summed E-state index contributed by atoms with van der Waals surface area (Å²) in [4.78, 5) is 0. The molecule has 0 unspecified atom stereocenters. The fourth-order valence-corrected chi connectivity index (χ4v) is 1.66. The first-order valence-corrected chi connectivity index (χ1v) is 5.20. The van der Waals surface area contributed by atoms with Gasteiger partial charge in [0.05, 0.1) is 11.6 Å². The number of aromatic nitrogens is 2. The van der Waals surface area contributed by atoms with E-state index in [4.69, 9.17) is 11.6 Å². The Morgan fingerprint density at radius 2 is 2.00 bits per heavy atom. The van der Waals surface area contributed by atoms with Crippen LogP contribution in [0.1, 0.15) is 5.56 Å². The molecule has 0 aliphatic carbocycles. The molecule has 0 spiro atoms. The Morgan fingerprint density at radius 1 is 1.25 bits per heavy atom. The van der Waals surface area contributed by atoms with Gasteiger partial charge >= 0.3 is 0 Å². The van der Waals surface area contributed by atoms with Gasteiger partial charge in [0.2, 0.25) is 0 Å². The van der Waals surface area contributed by atoms with E-state index in [2.05, 4.69) is 5.10 Å². The quantitative estimate of drug-likeness (QED) is 0.740. The van der Waals surface area contributed by atoms with Gasteiger partial charge in [-0.3, -0.25) is 4.68 Å². The standard InChI is InChI=1S/C11H9ClF2N2/c1-16-5-4-9(15-16)8-3-2-7(6-12)10(13)11(8)14/h2-5H,6H2,1H3. The third kappa shape index (κ3) is 1.80. The molecule has 0 fully saturated rings. The van der Waals surface area contributed by atoms with Crippen LogP contribution in [-0.4, -0.2) is 9.78 Å². The molecule has 0 saturated heterocycles. The van der Waals surface area contributed by atoms with Gasteiger partial charge in [0.15, 0.2) is 11.6 Å². The maximum absolute atomic E-state index is 13.7. The van der Waals surface area contributed by atoms with Gasteiger partial charge in [-0.25, -0.2) is 8.78 Å².